The van der Waals surface area contributed by atoms with Gasteiger partial charge in [-0.05, 0) is 54.5 Å². The van der Waals surface area contributed by atoms with Gasteiger partial charge in [0.1, 0.15) is 6.54 Å². The molecule has 1 N–H and O–H groups in total. The second kappa shape index (κ2) is 9.46. The predicted molar refractivity (Wildman–Crippen MR) is 127 cm³/mol. The number of nitrogens with zero attached hydrogens (tertiary/aromatic N) is 2. The maximum absolute atomic E-state index is 13.0. The molecule has 1 saturated heterocycles. The van der Waals surface area contributed by atoms with Crippen molar-refractivity contribution in [2.75, 3.05) is 19.6 Å². The van der Waals surface area contributed by atoms with E-state index in [2.05, 4.69) is 31.3 Å². The monoisotopic (exact) mass is 453 g/mol. The smallest absolute Gasteiger partial charge is 0.243 e. The molecule has 1 amide bonds. The van der Waals surface area contributed by atoms with Gasteiger partial charge >= 0.3 is 0 Å². The van der Waals surface area contributed by atoms with Crippen LogP contribution < -0.4 is 5.32 Å². The minimum Gasteiger partial charge on any atom is -0.354 e. The molecule has 7 heteroatoms. The molecule has 32 heavy (non-hydrogen) atoms. The maximum atomic E-state index is 13.0. The summed E-state index contributed by atoms with van der Waals surface area (Å²) in [5.74, 6) is 0.733. The van der Waals surface area contributed by atoms with Crippen molar-refractivity contribution >= 4 is 26.8 Å². The van der Waals surface area contributed by atoms with Crippen molar-refractivity contribution in [2.45, 2.75) is 44.0 Å². The van der Waals surface area contributed by atoms with Gasteiger partial charge in [0, 0.05) is 36.7 Å². The number of amides is 1. The van der Waals surface area contributed by atoms with Crippen LogP contribution in [0, 0.1) is 5.92 Å². The van der Waals surface area contributed by atoms with Crippen molar-refractivity contribution in [3.63, 3.8) is 0 Å². The zero-order chi connectivity index (χ0) is 22.7. The number of hydrogen-bond acceptors (Lipinski definition) is 3. The Balaban J connectivity index is 1.42. The van der Waals surface area contributed by atoms with Crippen LogP contribution >= 0.6 is 0 Å². The summed E-state index contributed by atoms with van der Waals surface area (Å²) in [6.07, 6.45) is 3.63. The first-order valence-corrected chi connectivity index (χ1v) is 12.7. The third kappa shape index (κ3) is 4.89. The summed E-state index contributed by atoms with van der Waals surface area (Å²) in [7, 11) is -3.49. The lowest BCUT2D eigenvalue weighted by molar-refractivity contribution is -0.121. The molecule has 1 aliphatic rings. The van der Waals surface area contributed by atoms with Crippen molar-refractivity contribution in [3.8, 4) is 0 Å². The maximum Gasteiger partial charge on any atom is 0.243 e. The second-order valence-corrected chi connectivity index (χ2v) is 10.8. The fraction of sp³-hybridized carbons (Fsp3) is 0.400. The lowest BCUT2D eigenvalue weighted by atomic mass is 10.0. The van der Waals surface area contributed by atoms with Gasteiger partial charge in [0.25, 0.3) is 0 Å². The van der Waals surface area contributed by atoms with Crippen molar-refractivity contribution in [1.82, 2.24) is 14.2 Å². The number of piperidine rings is 1. The van der Waals surface area contributed by atoms with E-state index in [1.54, 1.807) is 22.5 Å². The van der Waals surface area contributed by atoms with E-state index in [1.165, 1.54) is 5.56 Å². The first-order chi connectivity index (χ1) is 15.3. The van der Waals surface area contributed by atoms with Gasteiger partial charge < -0.3 is 9.88 Å². The standard InChI is InChI=1S/C25H31N3O3S/c1-19-10-14-28(15-11-19)32(30,31)23-8-9-24-22(16-23)12-13-27(24)18-25(29)26-17-20(2)21-6-4-3-5-7-21/h3-9,12-13,16,19-20H,10-11,14-15,17-18H2,1-2H3,(H,26,29)/t20-/m1/s1. The van der Waals surface area contributed by atoms with Gasteiger partial charge in [-0.25, -0.2) is 8.42 Å². The van der Waals surface area contributed by atoms with Gasteiger partial charge in [0.2, 0.25) is 15.9 Å². The molecular weight excluding hydrogens is 422 g/mol. The molecule has 2 aromatic carbocycles. The van der Waals surface area contributed by atoms with Crippen LogP contribution in [0.5, 0.6) is 0 Å². The fourth-order valence-corrected chi connectivity index (χ4v) is 5.73. The lowest BCUT2D eigenvalue weighted by Crippen LogP contribution is -2.37. The summed E-state index contributed by atoms with van der Waals surface area (Å²) in [6, 6.07) is 17.1. The highest BCUT2D eigenvalue weighted by Crippen LogP contribution is 2.26. The van der Waals surface area contributed by atoms with Gasteiger partial charge in [-0.2, -0.15) is 4.31 Å². The van der Waals surface area contributed by atoms with E-state index >= 15 is 0 Å². The molecule has 1 aromatic heterocycles. The number of carbonyl (C=O) groups excluding carboxylic acids is 1. The normalized spacial score (nSPS) is 16.8. The molecule has 6 nitrogen and oxygen atoms in total. The number of benzene rings is 2. The molecule has 0 aliphatic carbocycles. The van der Waals surface area contributed by atoms with Crippen molar-refractivity contribution < 1.29 is 13.2 Å². The van der Waals surface area contributed by atoms with E-state index in [0.717, 1.165) is 23.7 Å². The Bertz CT molecular complexity index is 1180. The fourth-order valence-electron chi connectivity index (χ4n) is 4.23. The zero-order valence-electron chi connectivity index (χ0n) is 18.7. The minimum atomic E-state index is -3.49. The Hall–Kier alpha value is -2.64. The molecule has 0 radical (unpaired) electrons. The number of carbonyl (C=O) groups is 1. The Morgan fingerprint density at radius 1 is 1.09 bits per heavy atom. The molecule has 1 fully saturated rings. The molecule has 0 unspecified atom stereocenters. The second-order valence-electron chi connectivity index (χ2n) is 8.87. The molecule has 1 atom stereocenters. The highest BCUT2D eigenvalue weighted by Gasteiger charge is 2.28. The Morgan fingerprint density at radius 2 is 1.81 bits per heavy atom. The summed E-state index contributed by atoms with van der Waals surface area (Å²) in [4.78, 5) is 12.8. The first kappa shape index (κ1) is 22.6. The van der Waals surface area contributed by atoms with Gasteiger partial charge in [-0.1, -0.05) is 44.2 Å². The minimum absolute atomic E-state index is 0.0654. The Labute approximate surface area is 190 Å². The zero-order valence-corrected chi connectivity index (χ0v) is 19.5. The van der Waals surface area contributed by atoms with Crippen molar-refractivity contribution in [2.24, 2.45) is 5.92 Å². The SMILES string of the molecule is CC1CCN(S(=O)(=O)c2ccc3c(ccn3CC(=O)NC[C@@H](C)c3ccccc3)c2)CC1. The van der Waals surface area contributed by atoms with Crippen LogP contribution in [0.25, 0.3) is 10.9 Å². The quantitative estimate of drug-likeness (QED) is 0.588. The first-order valence-electron chi connectivity index (χ1n) is 11.3. The molecular formula is C25H31N3O3S. The molecule has 1 aliphatic heterocycles. The summed E-state index contributed by atoms with van der Waals surface area (Å²) < 4.78 is 29.5. The average molecular weight is 454 g/mol. The molecule has 4 rings (SSSR count). The predicted octanol–water partition coefficient (Wildman–Crippen LogP) is 3.98. The van der Waals surface area contributed by atoms with Crippen LogP contribution in [0.15, 0.2) is 65.7 Å². The highest BCUT2D eigenvalue weighted by molar-refractivity contribution is 7.89. The molecule has 170 valence electrons. The van der Waals surface area contributed by atoms with Gasteiger partial charge in [-0.3, -0.25) is 4.79 Å². The molecule has 2 heterocycles. The van der Waals surface area contributed by atoms with Crippen LogP contribution in [-0.4, -0.2) is 42.8 Å². The van der Waals surface area contributed by atoms with E-state index in [9.17, 15) is 13.2 Å². The van der Waals surface area contributed by atoms with Crippen LogP contribution in [-0.2, 0) is 21.4 Å². The number of aromatic nitrogens is 1. The number of rotatable bonds is 7. The molecule has 0 bridgehead atoms. The van der Waals surface area contributed by atoms with Crippen molar-refractivity contribution in [3.05, 3.63) is 66.4 Å². The lowest BCUT2D eigenvalue weighted by Gasteiger charge is -2.29. The largest absolute Gasteiger partial charge is 0.354 e. The van der Waals surface area contributed by atoms with E-state index in [-0.39, 0.29) is 18.4 Å². The van der Waals surface area contributed by atoms with Crippen LogP contribution in [0.3, 0.4) is 0 Å². The van der Waals surface area contributed by atoms with E-state index < -0.39 is 10.0 Å². The number of hydrogen-bond donors (Lipinski definition) is 1. The van der Waals surface area contributed by atoms with Crippen molar-refractivity contribution in [1.29, 1.82) is 0 Å². The van der Waals surface area contributed by atoms with Crippen LogP contribution in [0.2, 0.25) is 0 Å². The summed E-state index contributed by atoms with van der Waals surface area (Å²) in [5.41, 5.74) is 2.04. The topological polar surface area (TPSA) is 71.4 Å². The summed E-state index contributed by atoms with van der Waals surface area (Å²) in [6.45, 7) is 6.16. The van der Waals surface area contributed by atoms with Gasteiger partial charge in [0.15, 0.2) is 0 Å². The number of fused-ring (bicyclic) bond motifs is 1. The Morgan fingerprint density at radius 3 is 2.53 bits per heavy atom. The average Bonchev–Trinajstić information content (AvgIpc) is 3.20. The summed E-state index contributed by atoms with van der Waals surface area (Å²) >= 11 is 0. The van der Waals surface area contributed by atoms with E-state index in [1.807, 2.05) is 35.0 Å². The van der Waals surface area contributed by atoms with Crippen LogP contribution in [0.1, 0.15) is 38.2 Å². The molecule has 0 saturated carbocycles. The summed E-state index contributed by atoms with van der Waals surface area (Å²) in [5, 5.41) is 3.82. The van der Waals surface area contributed by atoms with E-state index in [0.29, 0.717) is 30.4 Å². The Kier molecular flexibility index (Phi) is 6.67. The van der Waals surface area contributed by atoms with Gasteiger partial charge in [-0.15, -0.1) is 0 Å². The highest BCUT2D eigenvalue weighted by atomic mass is 32.2. The molecule has 0 spiro atoms. The number of sulfonamides is 1. The van der Waals surface area contributed by atoms with Gasteiger partial charge in [0.05, 0.1) is 4.90 Å². The van der Waals surface area contributed by atoms with Crippen LogP contribution in [0.4, 0.5) is 0 Å². The molecule has 3 aromatic rings. The third-order valence-corrected chi connectivity index (χ3v) is 8.31. The third-order valence-electron chi connectivity index (χ3n) is 6.41. The van der Waals surface area contributed by atoms with E-state index in [4.69, 9.17) is 0 Å². The number of nitrogens with one attached hydrogen (secondary N) is 1.